The Labute approximate surface area is 110 Å². The molecule has 0 spiro atoms. The number of ether oxygens (including phenoxy) is 1. The van der Waals surface area contributed by atoms with E-state index in [-0.39, 0.29) is 0 Å². The summed E-state index contributed by atoms with van der Waals surface area (Å²) in [5.41, 5.74) is 2.62. The Morgan fingerprint density at radius 2 is 2.17 bits per heavy atom. The Bertz CT molecular complexity index is 367. The lowest BCUT2D eigenvalue weighted by molar-refractivity contribution is 0.0599. The first-order valence-electron chi connectivity index (χ1n) is 6.99. The molecule has 4 heteroatoms. The number of nitrogens with one attached hydrogen (secondary N) is 1. The zero-order valence-corrected chi connectivity index (χ0v) is 11.8. The quantitative estimate of drug-likeness (QED) is 0.871. The first-order valence-corrected chi connectivity index (χ1v) is 6.99. The van der Waals surface area contributed by atoms with Gasteiger partial charge >= 0.3 is 0 Å². The van der Waals surface area contributed by atoms with Crippen LogP contribution in [0.15, 0.2) is 6.20 Å². The fourth-order valence-electron chi connectivity index (χ4n) is 2.33. The predicted molar refractivity (Wildman–Crippen MR) is 72.5 cm³/mol. The first kappa shape index (κ1) is 13.6. The van der Waals surface area contributed by atoms with Crippen LogP contribution in [-0.4, -0.2) is 29.0 Å². The van der Waals surface area contributed by atoms with Crippen LogP contribution in [0.2, 0.25) is 0 Å². The van der Waals surface area contributed by atoms with Gasteiger partial charge in [-0.25, -0.2) is 0 Å². The van der Waals surface area contributed by atoms with Crippen LogP contribution < -0.4 is 5.32 Å². The monoisotopic (exact) mass is 251 g/mol. The van der Waals surface area contributed by atoms with E-state index in [2.05, 4.69) is 35.9 Å². The van der Waals surface area contributed by atoms with Crippen molar-refractivity contribution in [3.8, 4) is 0 Å². The van der Waals surface area contributed by atoms with Gasteiger partial charge in [-0.2, -0.15) is 5.10 Å². The molecule has 1 aromatic heterocycles. The summed E-state index contributed by atoms with van der Waals surface area (Å²) in [5, 5.41) is 7.97. The van der Waals surface area contributed by atoms with Crippen molar-refractivity contribution in [1.29, 1.82) is 0 Å². The molecule has 1 N–H and O–H groups in total. The summed E-state index contributed by atoms with van der Waals surface area (Å²) in [6.45, 7) is 10.3. The van der Waals surface area contributed by atoms with Gasteiger partial charge < -0.3 is 10.1 Å². The zero-order valence-electron chi connectivity index (χ0n) is 11.8. The van der Waals surface area contributed by atoms with Gasteiger partial charge in [0.25, 0.3) is 0 Å². The zero-order chi connectivity index (χ0) is 13.0. The summed E-state index contributed by atoms with van der Waals surface area (Å²) in [7, 11) is 0. The third kappa shape index (κ3) is 3.56. The summed E-state index contributed by atoms with van der Waals surface area (Å²) in [4.78, 5) is 0. The molecule has 2 heterocycles. The molecule has 0 radical (unpaired) electrons. The summed E-state index contributed by atoms with van der Waals surface area (Å²) in [6.07, 6.45) is 4.34. The molecule has 102 valence electrons. The van der Waals surface area contributed by atoms with Crippen molar-refractivity contribution in [2.75, 3.05) is 13.2 Å². The molecular weight excluding hydrogens is 226 g/mol. The second kappa shape index (κ2) is 6.34. The Morgan fingerprint density at radius 1 is 1.44 bits per heavy atom. The molecule has 0 aliphatic carbocycles. The molecule has 1 aromatic rings. The lowest BCUT2D eigenvalue weighted by atomic mass is 10.0. The molecule has 0 unspecified atom stereocenters. The van der Waals surface area contributed by atoms with E-state index in [1.165, 1.54) is 24.1 Å². The average Bonchev–Trinajstić information content (AvgIpc) is 2.70. The Kier molecular flexibility index (Phi) is 4.78. The molecule has 4 nitrogen and oxygen atoms in total. The molecule has 1 fully saturated rings. The van der Waals surface area contributed by atoms with Crippen molar-refractivity contribution in [2.24, 2.45) is 5.92 Å². The van der Waals surface area contributed by atoms with E-state index in [0.717, 1.165) is 32.2 Å². The van der Waals surface area contributed by atoms with Crippen molar-refractivity contribution >= 4 is 0 Å². The van der Waals surface area contributed by atoms with Crippen molar-refractivity contribution in [3.63, 3.8) is 0 Å². The second-order valence-corrected chi connectivity index (χ2v) is 5.53. The number of aromatic nitrogens is 2. The van der Waals surface area contributed by atoms with Crippen molar-refractivity contribution < 1.29 is 4.74 Å². The van der Waals surface area contributed by atoms with Gasteiger partial charge in [0.05, 0.1) is 6.20 Å². The van der Waals surface area contributed by atoms with Gasteiger partial charge in [0, 0.05) is 43.6 Å². The summed E-state index contributed by atoms with van der Waals surface area (Å²) >= 11 is 0. The number of rotatable bonds is 5. The van der Waals surface area contributed by atoms with Crippen molar-refractivity contribution in [2.45, 2.75) is 52.7 Å². The van der Waals surface area contributed by atoms with Crippen LogP contribution in [-0.2, 0) is 17.8 Å². The van der Waals surface area contributed by atoms with Gasteiger partial charge in [0.15, 0.2) is 0 Å². The van der Waals surface area contributed by atoms with E-state index < -0.39 is 0 Å². The highest BCUT2D eigenvalue weighted by Crippen LogP contribution is 2.18. The van der Waals surface area contributed by atoms with Crippen LogP contribution in [0.25, 0.3) is 0 Å². The summed E-state index contributed by atoms with van der Waals surface area (Å²) in [6, 6.07) is 0.517. The third-order valence-electron chi connectivity index (χ3n) is 3.68. The number of hydrogen-bond acceptors (Lipinski definition) is 3. The Morgan fingerprint density at radius 3 is 2.83 bits per heavy atom. The minimum Gasteiger partial charge on any atom is -0.381 e. The normalized spacial score (nSPS) is 17.6. The molecule has 0 bridgehead atoms. The topological polar surface area (TPSA) is 39.1 Å². The lowest BCUT2D eigenvalue weighted by Gasteiger charge is -2.22. The van der Waals surface area contributed by atoms with Crippen LogP contribution in [0.1, 0.15) is 37.9 Å². The SMILES string of the molecule is Cc1c(CNC(C)C)cnn1CC1CCOCC1. The third-order valence-corrected chi connectivity index (χ3v) is 3.68. The van der Waals surface area contributed by atoms with Crippen molar-refractivity contribution in [3.05, 3.63) is 17.5 Å². The van der Waals surface area contributed by atoms with E-state index >= 15 is 0 Å². The van der Waals surface area contributed by atoms with Crippen LogP contribution >= 0.6 is 0 Å². The molecule has 0 aromatic carbocycles. The Balaban J connectivity index is 1.92. The standard InChI is InChI=1S/C14H25N3O/c1-11(2)15-8-14-9-16-17(12(14)3)10-13-4-6-18-7-5-13/h9,11,13,15H,4-8,10H2,1-3H3. The fourth-order valence-corrected chi connectivity index (χ4v) is 2.33. The van der Waals surface area contributed by atoms with Crippen LogP contribution in [0.5, 0.6) is 0 Å². The predicted octanol–water partition coefficient (Wildman–Crippen LogP) is 2.12. The largest absolute Gasteiger partial charge is 0.381 e. The Hall–Kier alpha value is -0.870. The summed E-state index contributed by atoms with van der Waals surface area (Å²) < 4.78 is 7.56. The van der Waals surface area contributed by atoms with E-state index in [4.69, 9.17) is 4.74 Å². The van der Waals surface area contributed by atoms with Crippen LogP contribution in [0.3, 0.4) is 0 Å². The van der Waals surface area contributed by atoms with Gasteiger partial charge in [-0.15, -0.1) is 0 Å². The fraction of sp³-hybridized carbons (Fsp3) is 0.786. The van der Waals surface area contributed by atoms with Gasteiger partial charge in [-0.05, 0) is 25.7 Å². The summed E-state index contributed by atoms with van der Waals surface area (Å²) in [5.74, 6) is 0.725. The highest BCUT2D eigenvalue weighted by atomic mass is 16.5. The smallest absolute Gasteiger partial charge is 0.0537 e. The number of hydrogen-bond donors (Lipinski definition) is 1. The first-order chi connectivity index (χ1) is 8.66. The van der Waals surface area contributed by atoms with Gasteiger partial charge in [0.2, 0.25) is 0 Å². The van der Waals surface area contributed by atoms with Crippen molar-refractivity contribution in [1.82, 2.24) is 15.1 Å². The molecule has 0 saturated carbocycles. The highest BCUT2D eigenvalue weighted by Gasteiger charge is 2.16. The molecular formula is C14H25N3O. The molecule has 2 rings (SSSR count). The lowest BCUT2D eigenvalue weighted by Crippen LogP contribution is -2.23. The molecule has 0 amide bonds. The van der Waals surface area contributed by atoms with E-state index in [9.17, 15) is 0 Å². The molecule has 1 aliphatic rings. The highest BCUT2D eigenvalue weighted by molar-refractivity contribution is 5.15. The maximum absolute atomic E-state index is 5.40. The molecule has 1 saturated heterocycles. The van der Waals surface area contributed by atoms with E-state index in [0.29, 0.717) is 6.04 Å². The molecule has 1 aliphatic heterocycles. The van der Waals surface area contributed by atoms with E-state index in [1.54, 1.807) is 0 Å². The van der Waals surface area contributed by atoms with E-state index in [1.807, 2.05) is 6.20 Å². The average molecular weight is 251 g/mol. The van der Waals surface area contributed by atoms with Gasteiger partial charge in [0.1, 0.15) is 0 Å². The molecule has 18 heavy (non-hydrogen) atoms. The van der Waals surface area contributed by atoms with Gasteiger partial charge in [-0.3, -0.25) is 4.68 Å². The maximum atomic E-state index is 5.40. The van der Waals surface area contributed by atoms with Crippen LogP contribution in [0.4, 0.5) is 0 Å². The maximum Gasteiger partial charge on any atom is 0.0537 e. The van der Waals surface area contributed by atoms with Crippen LogP contribution in [0, 0.1) is 12.8 Å². The number of nitrogens with zero attached hydrogens (tertiary/aromatic N) is 2. The van der Waals surface area contributed by atoms with Gasteiger partial charge in [-0.1, -0.05) is 13.8 Å². The minimum atomic E-state index is 0.517. The minimum absolute atomic E-state index is 0.517. The molecule has 0 atom stereocenters. The second-order valence-electron chi connectivity index (χ2n) is 5.53.